The lowest BCUT2D eigenvalue weighted by molar-refractivity contribution is 0.374. The second-order valence-corrected chi connectivity index (χ2v) is 3.15. The quantitative estimate of drug-likeness (QED) is 0.808. The molecule has 1 N–H and O–H groups in total. The van der Waals surface area contributed by atoms with Gasteiger partial charge in [0.25, 0.3) is 0 Å². The highest BCUT2D eigenvalue weighted by atomic mass is 19.1. The lowest BCUT2D eigenvalue weighted by Crippen LogP contribution is -1.82. The van der Waals surface area contributed by atoms with Crippen molar-refractivity contribution in [1.29, 1.82) is 0 Å². The summed E-state index contributed by atoms with van der Waals surface area (Å²) in [6.45, 7) is 0. The van der Waals surface area contributed by atoms with Crippen molar-refractivity contribution in [3.8, 4) is 11.4 Å². The van der Waals surface area contributed by atoms with Gasteiger partial charge in [0.05, 0.1) is 12.1 Å². The van der Waals surface area contributed by atoms with E-state index in [0.29, 0.717) is 23.4 Å². The van der Waals surface area contributed by atoms with Crippen LogP contribution in [0.3, 0.4) is 0 Å². The molecular formula is C11H9FN2O2. The van der Waals surface area contributed by atoms with E-state index in [4.69, 9.17) is 9.63 Å². The van der Waals surface area contributed by atoms with Gasteiger partial charge in [-0.3, -0.25) is 4.98 Å². The average molecular weight is 220 g/mol. The minimum absolute atomic E-state index is 0.115. The zero-order valence-electron chi connectivity index (χ0n) is 8.30. The van der Waals surface area contributed by atoms with Gasteiger partial charge < -0.3 is 9.63 Å². The van der Waals surface area contributed by atoms with E-state index < -0.39 is 5.83 Å². The SMILES string of the molecule is O/C=C(\F)Cc1cc(-c2ccccn2)no1. The third-order valence-electron chi connectivity index (χ3n) is 1.97. The lowest BCUT2D eigenvalue weighted by Gasteiger charge is -1.90. The molecule has 0 aliphatic carbocycles. The highest BCUT2D eigenvalue weighted by molar-refractivity contribution is 5.53. The Kier molecular flexibility index (Phi) is 2.95. The maximum Gasteiger partial charge on any atom is 0.144 e. The maximum atomic E-state index is 12.7. The van der Waals surface area contributed by atoms with E-state index >= 15 is 0 Å². The van der Waals surface area contributed by atoms with Crippen LogP contribution in [-0.4, -0.2) is 15.2 Å². The molecule has 5 heteroatoms. The molecule has 0 atom stereocenters. The fourth-order valence-electron chi connectivity index (χ4n) is 1.24. The number of hydrogen-bond donors (Lipinski definition) is 1. The minimum Gasteiger partial charge on any atom is -0.513 e. The molecule has 4 nitrogen and oxygen atoms in total. The van der Waals surface area contributed by atoms with Gasteiger partial charge in [-0.1, -0.05) is 11.2 Å². The van der Waals surface area contributed by atoms with Gasteiger partial charge in [-0.2, -0.15) is 0 Å². The third kappa shape index (κ3) is 2.25. The molecule has 2 aromatic rings. The van der Waals surface area contributed by atoms with Crippen LogP contribution >= 0.6 is 0 Å². The molecule has 0 aliphatic heterocycles. The number of aliphatic hydroxyl groups excluding tert-OH is 1. The highest BCUT2D eigenvalue weighted by Gasteiger charge is 2.08. The normalized spacial score (nSPS) is 11.7. The number of halogens is 1. The van der Waals surface area contributed by atoms with Crippen molar-refractivity contribution in [1.82, 2.24) is 10.1 Å². The van der Waals surface area contributed by atoms with Gasteiger partial charge in [-0.25, -0.2) is 4.39 Å². The Hall–Kier alpha value is -2.17. The fourth-order valence-corrected chi connectivity index (χ4v) is 1.24. The molecule has 2 rings (SSSR count). The molecule has 2 heterocycles. The molecule has 82 valence electrons. The molecule has 0 bridgehead atoms. The monoisotopic (exact) mass is 220 g/mol. The molecule has 2 aromatic heterocycles. The largest absolute Gasteiger partial charge is 0.513 e. The lowest BCUT2D eigenvalue weighted by atomic mass is 10.2. The van der Waals surface area contributed by atoms with E-state index in [1.165, 1.54) is 0 Å². The Bertz CT molecular complexity index is 494. The van der Waals surface area contributed by atoms with Crippen LogP contribution < -0.4 is 0 Å². The summed E-state index contributed by atoms with van der Waals surface area (Å²) >= 11 is 0. The summed E-state index contributed by atoms with van der Waals surface area (Å²) in [5.74, 6) is -0.341. The first-order chi connectivity index (χ1) is 7.79. The topological polar surface area (TPSA) is 59.2 Å². The molecule has 0 aromatic carbocycles. The van der Waals surface area contributed by atoms with Crippen molar-refractivity contribution in [2.75, 3.05) is 0 Å². The second-order valence-electron chi connectivity index (χ2n) is 3.15. The van der Waals surface area contributed by atoms with Gasteiger partial charge in [0, 0.05) is 12.3 Å². The molecule has 0 radical (unpaired) electrons. The molecule has 0 aliphatic rings. The van der Waals surface area contributed by atoms with Crippen molar-refractivity contribution >= 4 is 0 Å². The first kappa shape index (κ1) is 10.4. The van der Waals surface area contributed by atoms with Crippen molar-refractivity contribution in [2.45, 2.75) is 6.42 Å². The number of allylic oxidation sites excluding steroid dienone is 1. The molecular weight excluding hydrogens is 211 g/mol. The van der Waals surface area contributed by atoms with Crippen LogP contribution in [0.1, 0.15) is 5.76 Å². The summed E-state index contributed by atoms with van der Waals surface area (Å²) in [5, 5.41) is 12.2. The number of aliphatic hydroxyl groups is 1. The average Bonchev–Trinajstić information content (AvgIpc) is 2.78. The Balaban J connectivity index is 2.20. The second kappa shape index (κ2) is 4.57. The van der Waals surface area contributed by atoms with Crippen LogP contribution in [0.2, 0.25) is 0 Å². The molecule has 16 heavy (non-hydrogen) atoms. The zero-order chi connectivity index (χ0) is 11.4. The number of hydrogen-bond acceptors (Lipinski definition) is 4. The van der Waals surface area contributed by atoms with Crippen LogP contribution in [0.15, 0.2) is 47.1 Å². The predicted octanol–water partition coefficient (Wildman–Crippen LogP) is 2.65. The Morgan fingerprint density at radius 3 is 3.00 bits per heavy atom. The van der Waals surface area contributed by atoms with E-state index in [0.717, 1.165) is 0 Å². The molecule has 0 amide bonds. The summed E-state index contributed by atoms with van der Waals surface area (Å²) in [5.41, 5.74) is 1.20. The summed E-state index contributed by atoms with van der Waals surface area (Å²) in [6, 6.07) is 6.98. The molecule has 0 saturated carbocycles. The highest BCUT2D eigenvalue weighted by Crippen LogP contribution is 2.18. The van der Waals surface area contributed by atoms with Gasteiger partial charge >= 0.3 is 0 Å². The molecule has 0 saturated heterocycles. The van der Waals surface area contributed by atoms with Crippen LogP contribution in [0.4, 0.5) is 4.39 Å². The van der Waals surface area contributed by atoms with Gasteiger partial charge in [0.1, 0.15) is 23.5 Å². The molecule has 0 fully saturated rings. The van der Waals surface area contributed by atoms with Crippen LogP contribution in [0.25, 0.3) is 11.4 Å². The van der Waals surface area contributed by atoms with Crippen LogP contribution in [0.5, 0.6) is 0 Å². The van der Waals surface area contributed by atoms with E-state index in [1.54, 1.807) is 24.4 Å². The number of pyridine rings is 1. The molecule has 0 unspecified atom stereocenters. The van der Waals surface area contributed by atoms with Crippen LogP contribution in [-0.2, 0) is 6.42 Å². The van der Waals surface area contributed by atoms with Crippen molar-refractivity contribution in [3.05, 3.63) is 48.3 Å². The van der Waals surface area contributed by atoms with Crippen molar-refractivity contribution in [2.24, 2.45) is 0 Å². The van der Waals surface area contributed by atoms with E-state index in [1.807, 2.05) is 6.07 Å². The van der Waals surface area contributed by atoms with E-state index in [2.05, 4.69) is 10.1 Å². The van der Waals surface area contributed by atoms with Gasteiger partial charge in [-0.15, -0.1) is 0 Å². The number of rotatable bonds is 3. The standard InChI is InChI=1S/C11H9FN2O2/c12-8(7-15)5-9-6-11(14-16-9)10-3-1-2-4-13-10/h1-4,6-7,15H,5H2/b8-7-. The molecule has 0 spiro atoms. The van der Waals surface area contributed by atoms with Gasteiger partial charge in [0.2, 0.25) is 0 Å². The van der Waals surface area contributed by atoms with Crippen molar-refractivity contribution in [3.63, 3.8) is 0 Å². The third-order valence-corrected chi connectivity index (χ3v) is 1.97. The zero-order valence-corrected chi connectivity index (χ0v) is 8.30. The number of nitrogens with zero attached hydrogens (tertiary/aromatic N) is 2. The first-order valence-corrected chi connectivity index (χ1v) is 4.65. The maximum absolute atomic E-state index is 12.7. The summed E-state index contributed by atoms with van der Waals surface area (Å²) in [6.07, 6.45) is 1.93. The summed E-state index contributed by atoms with van der Waals surface area (Å²) < 4.78 is 17.6. The summed E-state index contributed by atoms with van der Waals surface area (Å²) in [4.78, 5) is 4.08. The van der Waals surface area contributed by atoms with Crippen molar-refractivity contribution < 1.29 is 14.0 Å². The Morgan fingerprint density at radius 1 is 1.44 bits per heavy atom. The van der Waals surface area contributed by atoms with Gasteiger partial charge in [0.15, 0.2) is 0 Å². The van der Waals surface area contributed by atoms with E-state index in [9.17, 15) is 4.39 Å². The van der Waals surface area contributed by atoms with Gasteiger partial charge in [-0.05, 0) is 12.1 Å². The predicted molar refractivity (Wildman–Crippen MR) is 55.3 cm³/mol. The smallest absolute Gasteiger partial charge is 0.144 e. The van der Waals surface area contributed by atoms with E-state index in [-0.39, 0.29) is 6.42 Å². The summed E-state index contributed by atoms with van der Waals surface area (Å²) in [7, 11) is 0. The number of aromatic nitrogens is 2. The first-order valence-electron chi connectivity index (χ1n) is 4.65. The van der Waals surface area contributed by atoms with Crippen LogP contribution in [0, 0.1) is 0 Å². The Morgan fingerprint density at radius 2 is 2.31 bits per heavy atom. The fraction of sp³-hybridized carbons (Fsp3) is 0.0909. The Labute approximate surface area is 91.0 Å². The minimum atomic E-state index is -0.677.